The number of nitrogens with two attached hydrogens (primary N) is 2. The van der Waals surface area contributed by atoms with Crippen LogP contribution in [0, 0.1) is 0 Å². The molecule has 13 heavy (non-hydrogen) atoms. The van der Waals surface area contributed by atoms with Crippen LogP contribution < -0.4 is 10.9 Å². The smallest absolute Gasteiger partial charge is 0.120 e. The lowest BCUT2D eigenvalue weighted by Crippen LogP contribution is -2.02. The second-order valence-electron chi connectivity index (χ2n) is 2.39. The Labute approximate surface area is 81.7 Å². The molecule has 0 aromatic heterocycles. The van der Waals surface area contributed by atoms with E-state index in [1.165, 1.54) is 0 Å². The number of hydrogen-bond donors (Lipinski definition) is 2. The van der Waals surface area contributed by atoms with Crippen LogP contribution in [0.15, 0.2) is 47.7 Å². The van der Waals surface area contributed by atoms with E-state index in [0.29, 0.717) is 5.04 Å². The third-order valence-electron chi connectivity index (χ3n) is 1.38. The largest absolute Gasteiger partial charge is 0.384 e. The fraction of sp³-hybridized carbons (Fsp3) is 0. The molecule has 68 valence electrons. The predicted octanol–water partition coefficient (Wildman–Crippen LogP) is 1.47. The van der Waals surface area contributed by atoms with Crippen molar-refractivity contribution in [2.24, 2.45) is 15.9 Å². The Hall–Kier alpha value is -1.26. The van der Waals surface area contributed by atoms with Gasteiger partial charge in [-0.15, -0.1) is 0 Å². The summed E-state index contributed by atoms with van der Waals surface area (Å²) < 4.78 is 0. The van der Waals surface area contributed by atoms with E-state index in [0.717, 1.165) is 17.5 Å². The molecular weight excluding hydrogens is 182 g/mol. The molecule has 0 radical (unpaired) electrons. The molecule has 4 N–H and O–H groups in total. The van der Waals surface area contributed by atoms with Gasteiger partial charge in [-0.2, -0.15) is 0 Å². The van der Waals surface area contributed by atoms with Gasteiger partial charge in [0.1, 0.15) is 10.9 Å². The Bertz CT molecular complexity index is 319. The molecule has 0 aliphatic rings. The third kappa shape index (κ3) is 2.93. The quantitative estimate of drug-likeness (QED) is 0.424. The lowest BCUT2D eigenvalue weighted by atomic mass is 10.2. The zero-order valence-electron chi connectivity index (χ0n) is 7.10. The molecule has 1 aromatic rings. The van der Waals surface area contributed by atoms with Gasteiger partial charge < -0.3 is 5.73 Å². The van der Waals surface area contributed by atoms with Crippen molar-refractivity contribution in [3.63, 3.8) is 0 Å². The number of hydrogen-bond acceptors (Lipinski definition) is 4. The molecule has 0 heterocycles. The van der Waals surface area contributed by atoms with Gasteiger partial charge in [0.05, 0.1) is 0 Å². The van der Waals surface area contributed by atoms with Crippen molar-refractivity contribution in [1.82, 2.24) is 0 Å². The zero-order valence-corrected chi connectivity index (χ0v) is 7.92. The second-order valence-corrected chi connectivity index (χ2v) is 3.01. The number of rotatable bonds is 2. The van der Waals surface area contributed by atoms with Crippen LogP contribution in [0.3, 0.4) is 0 Å². The summed E-state index contributed by atoms with van der Waals surface area (Å²) in [6, 6.07) is 9.60. The fourth-order valence-electron chi connectivity index (χ4n) is 0.870. The van der Waals surface area contributed by atoms with Crippen molar-refractivity contribution >= 4 is 17.0 Å². The maximum Gasteiger partial charge on any atom is 0.120 e. The van der Waals surface area contributed by atoms with Gasteiger partial charge in [-0.25, -0.2) is 4.99 Å². The topological polar surface area (TPSA) is 64.4 Å². The predicted molar refractivity (Wildman–Crippen MR) is 58.1 cm³/mol. The maximum atomic E-state index is 5.44. The molecule has 1 rings (SSSR count). The molecule has 0 bridgehead atoms. The fourth-order valence-corrected chi connectivity index (χ4v) is 1.31. The van der Waals surface area contributed by atoms with Gasteiger partial charge in [0.15, 0.2) is 0 Å². The van der Waals surface area contributed by atoms with E-state index in [4.69, 9.17) is 10.9 Å². The van der Waals surface area contributed by atoms with Crippen LogP contribution in [-0.4, -0.2) is 5.04 Å². The molecule has 0 aliphatic heterocycles. The zero-order chi connectivity index (χ0) is 9.68. The normalized spacial score (nSPS) is 11.3. The van der Waals surface area contributed by atoms with Crippen molar-refractivity contribution < 1.29 is 0 Å². The minimum absolute atomic E-state index is 0.261. The van der Waals surface area contributed by atoms with Crippen molar-refractivity contribution in [2.75, 3.05) is 0 Å². The average Bonchev–Trinajstić information content (AvgIpc) is 2.15. The SMILES string of the molecule is C=C(N)/N=C(\SN)c1ccccc1. The van der Waals surface area contributed by atoms with Gasteiger partial charge in [0.25, 0.3) is 0 Å². The third-order valence-corrected chi connectivity index (χ3v) is 1.93. The van der Waals surface area contributed by atoms with E-state index in [-0.39, 0.29) is 5.82 Å². The first-order chi connectivity index (χ1) is 6.24. The highest BCUT2D eigenvalue weighted by Crippen LogP contribution is 2.09. The number of nitrogens with zero attached hydrogens (tertiary/aromatic N) is 1. The standard InChI is InChI=1S/C9H11N3S/c1-7(10)12-9(13-11)8-5-3-2-4-6-8/h2-6H,1,10-11H2/b12-9-. The Morgan fingerprint density at radius 1 is 1.31 bits per heavy atom. The van der Waals surface area contributed by atoms with Crippen molar-refractivity contribution in [3.05, 3.63) is 48.3 Å². The van der Waals surface area contributed by atoms with Crippen LogP contribution in [-0.2, 0) is 0 Å². The lowest BCUT2D eigenvalue weighted by molar-refractivity contribution is 1.27. The maximum absolute atomic E-state index is 5.44. The summed E-state index contributed by atoms with van der Waals surface area (Å²) in [4.78, 5) is 4.00. The molecule has 0 saturated heterocycles. The Balaban J connectivity index is 2.98. The minimum Gasteiger partial charge on any atom is -0.384 e. The Morgan fingerprint density at radius 2 is 1.92 bits per heavy atom. The first kappa shape index (κ1) is 9.83. The molecule has 0 saturated carbocycles. The van der Waals surface area contributed by atoms with Crippen LogP contribution in [0.1, 0.15) is 5.56 Å². The van der Waals surface area contributed by atoms with E-state index in [9.17, 15) is 0 Å². The van der Waals surface area contributed by atoms with Crippen LogP contribution in [0.5, 0.6) is 0 Å². The van der Waals surface area contributed by atoms with Crippen molar-refractivity contribution in [1.29, 1.82) is 0 Å². The summed E-state index contributed by atoms with van der Waals surface area (Å²) in [6.45, 7) is 3.49. The van der Waals surface area contributed by atoms with Crippen LogP contribution in [0.2, 0.25) is 0 Å². The number of benzene rings is 1. The highest BCUT2D eigenvalue weighted by atomic mass is 32.2. The van der Waals surface area contributed by atoms with Crippen LogP contribution >= 0.6 is 11.9 Å². The molecule has 0 unspecified atom stereocenters. The average molecular weight is 193 g/mol. The van der Waals surface area contributed by atoms with Gasteiger partial charge in [0.2, 0.25) is 0 Å². The Kier molecular flexibility index (Phi) is 3.54. The van der Waals surface area contributed by atoms with Gasteiger partial charge in [0, 0.05) is 5.56 Å². The van der Waals surface area contributed by atoms with Gasteiger partial charge in [-0.05, 0) is 11.9 Å². The molecule has 0 fully saturated rings. The summed E-state index contributed by atoms with van der Waals surface area (Å²) in [5.74, 6) is 0.261. The van der Waals surface area contributed by atoms with Gasteiger partial charge in [-0.1, -0.05) is 36.9 Å². The molecule has 0 aliphatic carbocycles. The summed E-state index contributed by atoms with van der Waals surface area (Å²) in [7, 11) is 0. The Morgan fingerprint density at radius 3 is 2.38 bits per heavy atom. The molecule has 1 aromatic carbocycles. The minimum atomic E-state index is 0.261. The first-order valence-corrected chi connectivity index (χ1v) is 4.57. The summed E-state index contributed by atoms with van der Waals surface area (Å²) in [5.41, 5.74) is 6.30. The molecule has 0 spiro atoms. The molecular formula is C9H11N3S. The van der Waals surface area contributed by atoms with Gasteiger partial charge in [-0.3, -0.25) is 5.14 Å². The summed E-state index contributed by atoms with van der Waals surface area (Å²) >= 11 is 1.06. The molecule has 3 nitrogen and oxygen atoms in total. The van der Waals surface area contributed by atoms with E-state index >= 15 is 0 Å². The van der Waals surface area contributed by atoms with E-state index in [2.05, 4.69) is 11.6 Å². The molecule has 4 heteroatoms. The van der Waals surface area contributed by atoms with E-state index in [1.807, 2.05) is 30.3 Å². The van der Waals surface area contributed by atoms with Crippen molar-refractivity contribution in [3.8, 4) is 0 Å². The van der Waals surface area contributed by atoms with E-state index < -0.39 is 0 Å². The highest BCUT2D eigenvalue weighted by molar-refractivity contribution is 8.12. The highest BCUT2D eigenvalue weighted by Gasteiger charge is 2.00. The lowest BCUT2D eigenvalue weighted by Gasteiger charge is -2.01. The van der Waals surface area contributed by atoms with Gasteiger partial charge >= 0.3 is 0 Å². The summed E-state index contributed by atoms with van der Waals surface area (Å²) in [5, 5.41) is 6.12. The number of aliphatic imine (C=N–C) groups is 1. The molecule has 0 atom stereocenters. The van der Waals surface area contributed by atoms with Crippen LogP contribution in [0.4, 0.5) is 0 Å². The van der Waals surface area contributed by atoms with Crippen molar-refractivity contribution in [2.45, 2.75) is 0 Å². The van der Waals surface area contributed by atoms with Crippen LogP contribution in [0.25, 0.3) is 0 Å². The summed E-state index contributed by atoms with van der Waals surface area (Å²) in [6.07, 6.45) is 0. The second kappa shape index (κ2) is 4.69. The monoisotopic (exact) mass is 193 g/mol. The molecule has 0 amide bonds. The van der Waals surface area contributed by atoms with E-state index in [1.54, 1.807) is 0 Å². The first-order valence-electron chi connectivity index (χ1n) is 3.69.